The molecular weight excluding hydrogens is 136 g/mol. The second kappa shape index (κ2) is 2.38. The molecule has 0 unspecified atom stereocenters. The van der Waals surface area contributed by atoms with Crippen molar-refractivity contribution in [1.29, 1.82) is 0 Å². The third-order valence-corrected chi connectivity index (χ3v) is 1.86. The Hall–Kier alpha value is -1.31. The van der Waals surface area contributed by atoms with E-state index in [4.69, 9.17) is 0 Å². The number of aromatic nitrogens is 2. The summed E-state index contributed by atoms with van der Waals surface area (Å²) in [7, 11) is 0. The van der Waals surface area contributed by atoms with Crippen LogP contribution >= 0.6 is 0 Å². The topological polar surface area (TPSA) is 17.3 Å². The van der Waals surface area contributed by atoms with E-state index >= 15 is 0 Å². The van der Waals surface area contributed by atoms with Gasteiger partial charge in [-0.2, -0.15) is 0 Å². The van der Waals surface area contributed by atoms with E-state index in [-0.39, 0.29) is 0 Å². The van der Waals surface area contributed by atoms with E-state index in [9.17, 15) is 0 Å². The van der Waals surface area contributed by atoms with Crippen molar-refractivity contribution in [3.8, 4) is 0 Å². The van der Waals surface area contributed by atoms with Crippen LogP contribution in [0, 0.1) is 0 Å². The fourth-order valence-corrected chi connectivity index (χ4v) is 1.18. The smallest absolute Gasteiger partial charge is 0.136 e. The zero-order chi connectivity index (χ0) is 7.68. The monoisotopic (exact) mass is 146 g/mol. The Morgan fingerprint density at radius 3 is 3.18 bits per heavy atom. The quantitative estimate of drug-likeness (QED) is 0.600. The normalized spacial score (nSPS) is 10.6. The molecule has 2 nitrogen and oxygen atoms in total. The van der Waals surface area contributed by atoms with Crippen LogP contribution in [-0.2, 0) is 6.42 Å². The number of hydrogen-bond donors (Lipinski definition) is 0. The van der Waals surface area contributed by atoms with Gasteiger partial charge in [-0.3, -0.25) is 0 Å². The predicted octanol–water partition coefficient (Wildman–Crippen LogP) is 1.90. The number of fused-ring (bicyclic) bond motifs is 1. The zero-order valence-corrected chi connectivity index (χ0v) is 6.49. The van der Waals surface area contributed by atoms with Gasteiger partial charge in [0.05, 0.1) is 0 Å². The van der Waals surface area contributed by atoms with Crippen molar-refractivity contribution in [3.05, 3.63) is 36.3 Å². The van der Waals surface area contributed by atoms with Gasteiger partial charge in [0, 0.05) is 18.6 Å². The summed E-state index contributed by atoms with van der Waals surface area (Å²) in [4.78, 5) is 4.16. The van der Waals surface area contributed by atoms with Crippen molar-refractivity contribution in [2.75, 3.05) is 0 Å². The maximum Gasteiger partial charge on any atom is 0.136 e. The molecule has 0 spiro atoms. The van der Waals surface area contributed by atoms with Crippen molar-refractivity contribution in [2.45, 2.75) is 13.3 Å². The van der Waals surface area contributed by atoms with E-state index in [1.165, 1.54) is 5.56 Å². The van der Waals surface area contributed by atoms with Gasteiger partial charge < -0.3 is 4.40 Å². The molecule has 0 saturated carbocycles. The fourth-order valence-electron chi connectivity index (χ4n) is 1.18. The fraction of sp³-hybridized carbons (Fsp3) is 0.222. The second-order valence-corrected chi connectivity index (χ2v) is 2.58. The van der Waals surface area contributed by atoms with E-state index in [1.54, 1.807) is 0 Å². The first-order valence-electron chi connectivity index (χ1n) is 3.82. The number of imidazole rings is 1. The average Bonchev–Trinajstić information content (AvgIpc) is 2.50. The Kier molecular flexibility index (Phi) is 1.39. The molecule has 0 fully saturated rings. The Bertz CT molecular complexity index is 362. The van der Waals surface area contributed by atoms with Gasteiger partial charge in [0.2, 0.25) is 0 Å². The number of nitrogens with zero attached hydrogens (tertiary/aromatic N) is 2. The summed E-state index contributed by atoms with van der Waals surface area (Å²) in [5, 5.41) is 0. The molecule has 2 heteroatoms. The molecule has 0 radical (unpaired) electrons. The van der Waals surface area contributed by atoms with Crippen molar-refractivity contribution in [3.63, 3.8) is 0 Å². The van der Waals surface area contributed by atoms with Gasteiger partial charge in [-0.25, -0.2) is 4.98 Å². The molecule has 0 saturated heterocycles. The average molecular weight is 146 g/mol. The molecule has 0 aromatic carbocycles. The van der Waals surface area contributed by atoms with E-state index in [2.05, 4.69) is 24.2 Å². The van der Waals surface area contributed by atoms with E-state index in [0.29, 0.717) is 0 Å². The molecular formula is C9H10N2. The Morgan fingerprint density at radius 2 is 2.36 bits per heavy atom. The van der Waals surface area contributed by atoms with Crippen LogP contribution in [0.3, 0.4) is 0 Å². The minimum absolute atomic E-state index is 1.02. The van der Waals surface area contributed by atoms with E-state index in [1.807, 2.05) is 22.9 Å². The Balaban J connectivity index is 2.67. The highest BCUT2D eigenvalue weighted by Gasteiger charge is 1.92. The standard InChI is InChI=1S/C9H10N2/c1-2-8-3-4-9-10-5-6-11(9)7-8/h3-7H,2H2,1H3. The third-order valence-electron chi connectivity index (χ3n) is 1.86. The molecule has 0 aliphatic heterocycles. The van der Waals surface area contributed by atoms with Crippen LogP contribution in [-0.4, -0.2) is 9.38 Å². The molecule has 11 heavy (non-hydrogen) atoms. The summed E-state index contributed by atoms with van der Waals surface area (Å²) >= 11 is 0. The summed E-state index contributed by atoms with van der Waals surface area (Å²) < 4.78 is 2.04. The van der Waals surface area contributed by atoms with Crippen molar-refractivity contribution in [1.82, 2.24) is 9.38 Å². The number of hydrogen-bond acceptors (Lipinski definition) is 1. The summed E-state index contributed by atoms with van der Waals surface area (Å²) in [5.41, 5.74) is 2.36. The van der Waals surface area contributed by atoms with E-state index in [0.717, 1.165) is 12.1 Å². The van der Waals surface area contributed by atoms with Gasteiger partial charge in [0.25, 0.3) is 0 Å². The lowest BCUT2D eigenvalue weighted by Gasteiger charge is -1.96. The molecule has 0 aliphatic carbocycles. The summed E-state index contributed by atoms with van der Waals surface area (Å²) in [6.07, 6.45) is 6.97. The van der Waals surface area contributed by atoms with Crippen molar-refractivity contribution < 1.29 is 0 Å². The van der Waals surface area contributed by atoms with Crippen LogP contribution < -0.4 is 0 Å². The van der Waals surface area contributed by atoms with Crippen LogP contribution in [0.15, 0.2) is 30.7 Å². The van der Waals surface area contributed by atoms with Crippen LogP contribution in [0.1, 0.15) is 12.5 Å². The first kappa shape index (κ1) is 6.40. The van der Waals surface area contributed by atoms with Crippen LogP contribution in [0.25, 0.3) is 5.65 Å². The molecule has 2 aromatic heterocycles. The van der Waals surface area contributed by atoms with Crippen molar-refractivity contribution in [2.24, 2.45) is 0 Å². The highest BCUT2D eigenvalue weighted by Crippen LogP contribution is 2.04. The lowest BCUT2D eigenvalue weighted by atomic mass is 10.2. The largest absolute Gasteiger partial charge is 0.307 e. The third kappa shape index (κ3) is 1.00. The summed E-state index contributed by atoms with van der Waals surface area (Å²) in [6.45, 7) is 2.15. The minimum Gasteiger partial charge on any atom is -0.307 e. The second-order valence-electron chi connectivity index (χ2n) is 2.58. The van der Waals surface area contributed by atoms with Gasteiger partial charge >= 0.3 is 0 Å². The van der Waals surface area contributed by atoms with Gasteiger partial charge in [0.15, 0.2) is 0 Å². The van der Waals surface area contributed by atoms with E-state index < -0.39 is 0 Å². The predicted molar refractivity (Wildman–Crippen MR) is 44.6 cm³/mol. The maximum absolute atomic E-state index is 4.16. The lowest BCUT2D eigenvalue weighted by molar-refractivity contribution is 1.07. The molecule has 0 aliphatic rings. The van der Waals surface area contributed by atoms with Gasteiger partial charge in [-0.05, 0) is 18.1 Å². The molecule has 0 N–H and O–H groups in total. The molecule has 0 amide bonds. The Morgan fingerprint density at radius 1 is 1.45 bits per heavy atom. The van der Waals surface area contributed by atoms with Gasteiger partial charge in [-0.15, -0.1) is 0 Å². The molecule has 2 heterocycles. The maximum atomic E-state index is 4.16. The molecule has 56 valence electrons. The molecule has 0 bridgehead atoms. The summed E-state index contributed by atoms with van der Waals surface area (Å²) in [5.74, 6) is 0. The number of pyridine rings is 1. The van der Waals surface area contributed by atoms with Gasteiger partial charge in [-0.1, -0.05) is 13.0 Å². The Labute approximate surface area is 65.5 Å². The lowest BCUT2D eigenvalue weighted by Crippen LogP contribution is -1.86. The highest BCUT2D eigenvalue weighted by atomic mass is 15.0. The highest BCUT2D eigenvalue weighted by molar-refractivity contribution is 5.39. The van der Waals surface area contributed by atoms with Gasteiger partial charge in [0.1, 0.15) is 5.65 Å². The molecule has 2 aromatic rings. The first-order valence-corrected chi connectivity index (χ1v) is 3.82. The van der Waals surface area contributed by atoms with Crippen LogP contribution in [0.2, 0.25) is 0 Å². The van der Waals surface area contributed by atoms with Crippen LogP contribution in [0.4, 0.5) is 0 Å². The number of aryl methyl sites for hydroxylation is 1. The van der Waals surface area contributed by atoms with Crippen LogP contribution in [0.5, 0.6) is 0 Å². The molecule has 2 rings (SSSR count). The van der Waals surface area contributed by atoms with Crippen molar-refractivity contribution >= 4 is 5.65 Å². The zero-order valence-electron chi connectivity index (χ0n) is 6.49. The number of rotatable bonds is 1. The minimum atomic E-state index is 1.02. The summed E-state index contributed by atoms with van der Waals surface area (Å²) in [6, 6.07) is 4.15. The SMILES string of the molecule is CCc1ccc2nccn2c1. The molecule has 0 atom stereocenters. The first-order chi connectivity index (χ1) is 5.40.